The number of unbranched alkanes of at least 4 members (excludes halogenated alkanes) is 1. The zero-order valence-electron chi connectivity index (χ0n) is 15.7. The molecule has 0 unspecified atom stereocenters. The summed E-state index contributed by atoms with van der Waals surface area (Å²) in [6.07, 6.45) is 8.51. The van der Waals surface area contributed by atoms with Gasteiger partial charge in [-0.25, -0.2) is 4.79 Å². The van der Waals surface area contributed by atoms with Gasteiger partial charge < -0.3 is 9.47 Å². The van der Waals surface area contributed by atoms with Crippen LogP contribution in [-0.2, 0) is 16.0 Å². The molecule has 3 rings (SSSR count). The van der Waals surface area contributed by atoms with Gasteiger partial charge in [-0.15, -0.1) is 0 Å². The van der Waals surface area contributed by atoms with E-state index in [0.717, 1.165) is 31.4 Å². The molecule has 0 saturated carbocycles. The van der Waals surface area contributed by atoms with E-state index in [1.165, 1.54) is 34.8 Å². The third-order valence-electron chi connectivity index (χ3n) is 4.67. The minimum atomic E-state index is -0.373. The summed E-state index contributed by atoms with van der Waals surface area (Å²) >= 11 is 0. The Morgan fingerprint density at radius 2 is 1.89 bits per heavy atom. The molecule has 0 fully saturated rings. The van der Waals surface area contributed by atoms with Gasteiger partial charge in [0.25, 0.3) is 0 Å². The van der Waals surface area contributed by atoms with Crippen LogP contribution in [0.5, 0.6) is 5.75 Å². The molecule has 0 aliphatic heterocycles. The topological polar surface area (TPSA) is 35.5 Å². The van der Waals surface area contributed by atoms with Crippen LogP contribution in [0.25, 0.3) is 5.57 Å². The maximum absolute atomic E-state index is 11.0. The Morgan fingerprint density at radius 1 is 1.07 bits per heavy atom. The second-order valence-corrected chi connectivity index (χ2v) is 6.62. The van der Waals surface area contributed by atoms with Crippen molar-refractivity contribution < 1.29 is 14.3 Å². The zero-order valence-corrected chi connectivity index (χ0v) is 15.7. The predicted octanol–water partition coefficient (Wildman–Crippen LogP) is 5.34. The van der Waals surface area contributed by atoms with Gasteiger partial charge in [0.05, 0.1) is 13.2 Å². The molecule has 2 aromatic rings. The molecule has 0 bridgehead atoms. The van der Waals surface area contributed by atoms with E-state index in [9.17, 15) is 4.79 Å². The lowest BCUT2D eigenvalue weighted by atomic mass is 9.93. The van der Waals surface area contributed by atoms with E-state index in [-0.39, 0.29) is 5.97 Å². The number of fused-ring (bicyclic) bond motifs is 1. The van der Waals surface area contributed by atoms with Crippen LogP contribution in [0.4, 0.5) is 0 Å². The highest BCUT2D eigenvalue weighted by Crippen LogP contribution is 2.33. The Morgan fingerprint density at radius 3 is 2.70 bits per heavy atom. The van der Waals surface area contributed by atoms with Crippen LogP contribution in [0.15, 0.2) is 67.3 Å². The van der Waals surface area contributed by atoms with Gasteiger partial charge in [-0.2, -0.15) is 0 Å². The van der Waals surface area contributed by atoms with Crippen molar-refractivity contribution in [1.82, 2.24) is 0 Å². The number of carbonyl (C=O) groups excluding carboxylic acids is 1. The molecule has 3 nitrogen and oxygen atoms in total. The van der Waals surface area contributed by atoms with Crippen LogP contribution in [0.1, 0.15) is 42.4 Å². The number of esters is 1. The zero-order chi connectivity index (χ0) is 18.9. The van der Waals surface area contributed by atoms with Crippen LogP contribution in [0.2, 0.25) is 0 Å². The second-order valence-electron chi connectivity index (χ2n) is 6.62. The molecule has 140 valence electrons. The van der Waals surface area contributed by atoms with Crippen molar-refractivity contribution in [3.63, 3.8) is 0 Å². The number of hydrogen-bond donors (Lipinski definition) is 0. The van der Waals surface area contributed by atoms with Crippen LogP contribution in [0.3, 0.4) is 0 Å². The minimum Gasteiger partial charge on any atom is -0.494 e. The van der Waals surface area contributed by atoms with E-state index in [1.807, 2.05) is 6.07 Å². The molecule has 0 radical (unpaired) electrons. The summed E-state index contributed by atoms with van der Waals surface area (Å²) in [5, 5.41) is 0. The molecular weight excluding hydrogens is 336 g/mol. The first-order valence-electron chi connectivity index (χ1n) is 9.59. The smallest absolute Gasteiger partial charge is 0.330 e. The van der Waals surface area contributed by atoms with Gasteiger partial charge in [-0.3, -0.25) is 0 Å². The summed E-state index contributed by atoms with van der Waals surface area (Å²) in [5.74, 6) is 0.516. The molecule has 2 aromatic carbocycles. The molecule has 0 spiro atoms. The Kier molecular flexibility index (Phi) is 6.86. The Balaban J connectivity index is 1.63. The second kappa shape index (κ2) is 9.77. The van der Waals surface area contributed by atoms with Gasteiger partial charge in [0.2, 0.25) is 0 Å². The van der Waals surface area contributed by atoms with Crippen molar-refractivity contribution in [2.75, 3.05) is 13.2 Å². The summed E-state index contributed by atoms with van der Waals surface area (Å²) in [6.45, 7) is 4.39. The Labute approximate surface area is 161 Å². The summed E-state index contributed by atoms with van der Waals surface area (Å²) in [4.78, 5) is 11.0. The highest BCUT2D eigenvalue weighted by atomic mass is 16.5. The molecule has 0 amide bonds. The molecule has 27 heavy (non-hydrogen) atoms. The number of allylic oxidation sites excluding steroid dienone is 1. The van der Waals surface area contributed by atoms with E-state index in [2.05, 4.69) is 55.1 Å². The Bertz CT molecular complexity index is 806. The van der Waals surface area contributed by atoms with Crippen molar-refractivity contribution >= 4 is 11.5 Å². The summed E-state index contributed by atoms with van der Waals surface area (Å²) < 4.78 is 10.9. The number of aryl methyl sites for hydroxylation is 1. The first kappa shape index (κ1) is 19.0. The van der Waals surface area contributed by atoms with Gasteiger partial charge >= 0.3 is 5.97 Å². The first-order chi connectivity index (χ1) is 13.3. The summed E-state index contributed by atoms with van der Waals surface area (Å²) in [5.41, 5.74) is 5.20. The fraction of sp³-hybridized carbons (Fsp3) is 0.292. The van der Waals surface area contributed by atoms with E-state index >= 15 is 0 Å². The molecule has 3 heteroatoms. The van der Waals surface area contributed by atoms with Crippen molar-refractivity contribution in [2.24, 2.45) is 0 Å². The summed E-state index contributed by atoms with van der Waals surface area (Å²) in [7, 11) is 0. The molecule has 0 saturated heterocycles. The molecule has 0 atom stereocenters. The van der Waals surface area contributed by atoms with Crippen LogP contribution >= 0.6 is 0 Å². The van der Waals surface area contributed by atoms with Gasteiger partial charge in [0.1, 0.15) is 5.75 Å². The van der Waals surface area contributed by atoms with Crippen LogP contribution < -0.4 is 4.74 Å². The monoisotopic (exact) mass is 362 g/mol. The highest BCUT2D eigenvalue weighted by Gasteiger charge is 2.14. The average Bonchev–Trinajstić information content (AvgIpc) is 2.93. The van der Waals surface area contributed by atoms with Crippen molar-refractivity contribution in [3.05, 3.63) is 84.0 Å². The predicted molar refractivity (Wildman–Crippen MR) is 109 cm³/mol. The van der Waals surface area contributed by atoms with Gasteiger partial charge in [0.15, 0.2) is 0 Å². The molecule has 1 aliphatic carbocycles. The van der Waals surface area contributed by atoms with Crippen molar-refractivity contribution in [3.8, 4) is 5.75 Å². The molecule has 1 aliphatic rings. The quantitative estimate of drug-likeness (QED) is 0.361. The maximum atomic E-state index is 11.0. The largest absolute Gasteiger partial charge is 0.494 e. The van der Waals surface area contributed by atoms with E-state index in [4.69, 9.17) is 9.47 Å². The number of hydrogen-bond acceptors (Lipinski definition) is 3. The molecule has 0 aromatic heterocycles. The number of ether oxygens (including phenoxy) is 2. The van der Waals surface area contributed by atoms with Crippen molar-refractivity contribution in [2.45, 2.75) is 32.1 Å². The number of carbonyl (C=O) groups is 1. The molecule has 0 heterocycles. The number of rotatable bonds is 8. The lowest BCUT2D eigenvalue weighted by molar-refractivity contribution is -0.137. The van der Waals surface area contributed by atoms with E-state index in [1.54, 1.807) is 0 Å². The van der Waals surface area contributed by atoms with Crippen LogP contribution in [0, 0.1) is 0 Å². The summed E-state index contributed by atoms with van der Waals surface area (Å²) in [6, 6.07) is 17.0. The normalized spacial score (nSPS) is 13.1. The lowest BCUT2D eigenvalue weighted by Gasteiger charge is -2.14. The molecular formula is C24H26O3. The lowest BCUT2D eigenvalue weighted by Crippen LogP contribution is -2.04. The fourth-order valence-corrected chi connectivity index (χ4v) is 3.28. The highest BCUT2D eigenvalue weighted by molar-refractivity contribution is 5.82. The average molecular weight is 362 g/mol. The third-order valence-corrected chi connectivity index (χ3v) is 4.67. The standard InChI is InChI=1S/C24H26O3/c1-2-24(25)27-17-9-8-16-26-21-15-14-20-12-6-7-13-22(23(20)18-21)19-10-4-3-5-11-19/h2-5,10-11,13-15,18H,1,6-9,12,16-17H2. The van der Waals surface area contributed by atoms with E-state index in [0.29, 0.717) is 13.2 Å². The van der Waals surface area contributed by atoms with Gasteiger partial charge in [-0.1, -0.05) is 49.1 Å². The van der Waals surface area contributed by atoms with E-state index < -0.39 is 0 Å². The SMILES string of the molecule is C=CC(=O)OCCCCOc1ccc2c(c1)C(c1ccccc1)=CCCC2. The third kappa shape index (κ3) is 5.33. The fourth-order valence-electron chi connectivity index (χ4n) is 3.28. The van der Waals surface area contributed by atoms with Crippen LogP contribution in [-0.4, -0.2) is 19.2 Å². The maximum Gasteiger partial charge on any atom is 0.330 e. The van der Waals surface area contributed by atoms with Gasteiger partial charge in [0, 0.05) is 6.08 Å². The Hall–Kier alpha value is -2.81. The number of benzene rings is 2. The van der Waals surface area contributed by atoms with Gasteiger partial charge in [-0.05, 0) is 66.5 Å². The van der Waals surface area contributed by atoms with Crippen molar-refractivity contribution in [1.29, 1.82) is 0 Å². The first-order valence-corrected chi connectivity index (χ1v) is 9.59. The molecule has 0 N–H and O–H groups in total. The minimum absolute atomic E-state index is 0.373.